The van der Waals surface area contributed by atoms with Gasteiger partial charge in [-0.25, -0.2) is 4.79 Å². The Balaban J connectivity index is 2.30. The van der Waals surface area contributed by atoms with Crippen molar-refractivity contribution in [1.82, 2.24) is 0 Å². The lowest BCUT2D eigenvalue weighted by Crippen LogP contribution is -2.10. The molecule has 0 aliphatic carbocycles. The van der Waals surface area contributed by atoms with Crippen LogP contribution >= 0.6 is 27.5 Å². The summed E-state index contributed by atoms with van der Waals surface area (Å²) in [5.41, 5.74) is 0.582. The van der Waals surface area contributed by atoms with Crippen molar-refractivity contribution in [2.75, 3.05) is 0 Å². The SMILES string of the molecule is Cc1cc(Br)cc(Cl)c1OC(=O)c1cccc([N+](=O)[O-])c1. The number of carbonyl (C=O) groups is 1. The molecule has 5 nitrogen and oxygen atoms in total. The fraction of sp³-hybridized carbons (Fsp3) is 0.0714. The second-order valence-electron chi connectivity index (χ2n) is 4.23. The molecule has 7 heteroatoms. The molecule has 0 unspecified atom stereocenters. The average molecular weight is 371 g/mol. The Bertz CT molecular complexity index is 710. The predicted molar refractivity (Wildman–Crippen MR) is 81.9 cm³/mol. The monoisotopic (exact) mass is 369 g/mol. The maximum Gasteiger partial charge on any atom is 0.343 e. The van der Waals surface area contributed by atoms with Crippen LogP contribution in [0.1, 0.15) is 15.9 Å². The minimum atomic E-state index is -0.703. The van der Waals surface area contributed by atoms with E-state index in [0.717, 1.165) is 10.5 Å². The quantitative estimate of drug-likeness (QED) is 0.344. The Morgan fingerprint density at radius 1 is 1.33 bits per heavy atom. The van der Waals surface area contributed by atoms with Crippen molar-refractivity contribution < 1.29 is 14.5 Å². The highest BCUT2D eigenvalue weighted by Gasteiger charge is 2.16. The average Bonchev–Trinajstić information content (AvgIpc) is 2.42. The highest BCUT2D eigenvalue weighted by Crippen LogP contribution is 2.32. The van der Waals surface area contributed by atoms with E-state index < -0.39 is 10.9 Å². The van der Waals surface area contributed by atoms with Gasteiger partial charge in [-0.1, -0.05) is 33.6 Å². The topological polar surface area (TPSA) is 69.4 Å². The Morgan fingerprint density at radius 2 is 2.05 bits per heavy atom. The van der Waals surface area contributed by atoms with Crippen molar-refractivity contribution >= 4 is 39.2 Å². The van der Waals surface area contributed by atoms with E-state index in [1.807, 2.05) is 0 Å². The Kier molecular flexibility index (Phi) is 4.59. The third kappa shape index (κ3) is 3.59. The van der Waals surface area contributed by atoms with Gasteiger partial charge in [-0.15, -0.1) is 0 Å². The van der Waals surface area contributed by atoms with Crippen LogP contribution in [0, 0.1) is 17.0 Å². The number of nitro groups is 1. The lowest BCUT2D eigenvalue weighted by atomic mass is 10.2. The lowest BCUT2D eigenvalue weighted by Gasteiger charge is -2.09. The van der Waals surface area contributed by atoms with Crippen molar-refractivity contribution in [2.45, 2.75) is 6.92 Å². The second-order valence-corrected chi connectivity index (χ2v) is 5.55. The molecule has 0 spiro atoms. The summed E-state index contributed by atoms with van der Waals surface area (Å²) in [5.74, 6) is -0.470. The summed E-state index contributed by atoms with van der Waals surface area (Å²) < 4.78 is 6.00. The molecule has 0 saturated heterocycles. The van der Waals surface area contributed by atoms with E-state index in [9.17, 15) is 14.9 Å². The first-order valence-corrected chi connectivity index (χ1v) is 6.98. The number of ether oxygens (including phenoxy) is 1. The maximum absolute atomic E-state index is 12.1. The normalized spacial score (nSPS) is 10.2. The van der Waals surface area contributed by atoms with Gasteiger partial charge < -0.3 is 4.74 Å². The van der Waals surface area contributed by atoms with Gasteiger partial charge in [-0.05, 0) is 30.7 Å². The number of hydrogen-bond donors (Lipinski definition) is 0. The van der Waals surface area contributed by atoms with Crippen molar-refractivity contribution in [1.29, 1.82) is 0 Å². The highest BCUT2D eigenvalue weighted by atomic mass is 79.9. The van der Waals surface area contributed by atoms with Crippen molar-refractivity contribution in [3.8, 4) is 5.75 Å². The van der Waals surface area contributed by atoms with Crippen molar-refractivity contribution in [3.63, 3.8) is 0 Å². The van der Waals surface area contributed by atoms with Crippen LogP contribution in [0.2, 0.25) is 5.02 Å². The molecule has 2 aromatic rings. The molecular formula is C14H9BrClNO4. The van der Waals surface area contributed by atoms with E-state index in [2.05, 4.69) is 15.9 Å². The predicted octanol–water partition coefficient (Wildman–Crippen LogP) is 4.54. The van der Waals surface area contributed by atoms with Crippen LogP contribution < -0.4 is 4.74 Å². The molecule has 0 heterocycles. The molecule has 0 amide bonds. The number of carbonyl (C=O) groups excluding carboxylic acids is 1. The number of nitro benzene ring substituents is 1. The molecule has 21 heavy (non-hydrogen) atoms. The van der Waals surface area contributed by atoms with Crippen LogP contribution in [-0.4, -0.2) is 10.9 Å². The molecule has 2 aromatic carbocycles. The van der Waals surface area contributed by atoms with Crippen LogP contribution in [0.4, 0.5) is 5.69 Å². The van der Waals surface area contributed by atoms with Gasteiger partial charge >= 0.3 is 5.97 Å². The first-order valence-electron chi connectivity index (χ1n) is 5.81. The number of esters is 1. The van der Waals surface area contributed by atoms with Crippen LogP contribution in [0.25, 0.3) is 0 Å². The van der Waals surface area contributed by atoms with Gasteiger partial charge in [0.2, 0.25) is 0 Å². The molecule has 0 bridgehead atoms. The van der Waals surface area contributed by atoms with Gasteiger partial charge in [0, 0.05) is 16.6 Å². The second kappa shape index (κ2) is 6.24. The van der Waals surface area contributed by atoms with Crippen LogP contribution in [-0.2, 0) is 0 Å². The lowest BCUT2D eigenvalue weighted by molar-refractivity contribution is -0.384. The molecule has 108 valence electrons. The molecule has 0 radical (unpaired) electrons. The molecule has 0 aromatic heterocycles. The molecule has 0 aliphatic heterocycles. The fourth-order valence-corrected chi connectivity index (χ4v) is 2.73. The maximum atomic E-state index is 12.1. The largest absolute Gasteiger partial charge is 0.421 e. The minimum Gasteiger partial charge on any atom is -0.421 e. The van der Waals surface area contributed by atoms with Gasteiger partial charge in [-0.3, -0.25) is 10.1 Å². The molecular weight excluding hydrogens is 362 g/mol. The van der Waals surface area contributed by atoms with Gasteiger partial charge in [0.25, 0.3) is 5.69 Å². The summed E-state index contributed by atoms with van der Waals surface area (Å²) in [5, 5.41) is 11.0. The summed E-state index contributed by atoms with van der Waals surface area (Å²) in [6, 6.07) is 8.67. The van der Waals surface area contributed by atoms with Gasteiger partial charge in [0.05, 0.1) is 15.5 Å². The van der Waals surface area contributed by atoms with E-state index in [1.54, 1.807) is 19.1 Å². The van der Waals surface area contributed by atoms with Crippen LogP contribution in [0.15, 0.2) is 40.9 Å². The molecule has 0 N–H and O–H groups in total. The number of nitrogens with zero attached hydrogens (tertiary/aromatic N) is 1. The molecule has 2 rings (SSSR count). The summed E-state index contributed by atoms with van der Waals surface area (Å²) >= 11 is 9.32. The number of benzene rings is 2. The van der Waals surface area contributed by atoms with E-state index in [4.69, 9.17) is 16.3 Å². The standard InChI is InChI=1S/C14H9BrClNO4/c1-8-5-10(15)7-12(16)13(8)21-14(18)9-3-2-4-11(6-9)17(19)20/h2-7H,1H3. The van der Waals surface area contributed by atoms with Crippen LogP contribution in [0.3, 0.4) is 0 Å². The van der Waals surface area contributed by atoms with E-state index >= 15 is 0 Å². The molecule has 0 saturated carbocycles. The Hall–Kier alpha value is -1.92. The van der Waals surface area contributed by atoms with E-state index in [0.29, 0.717) is 5.56 Å². The Morgan fingerprint density at radius 3 is 2.67 bits per heavy atom. The number of aryl methyl sites for hydroxylation is 1. The van der Waals surface area contributed by atoms with Gasteiger partial charge in [0.1, 0.15) is 0 Å². The molecule has 0 aliphatic rings. The third-order valence-corrected chi connectivity index (χ3v) is 3.42. The van der Waals surface area contributed by atoms with Gasteiger partial charge in [0.15, 0.2) is 5.75 Å². The molecule has 0 atom stereocenters. The summed E-state index contributed by atoms with van der Waals surface area (Å²) in [7, 11) is 0. The number of rotatable bonds is 3. The summed E-state index contributed by atoms with van der Waals surface area (Å²) in [4.78, 5) is 22.2. The molecule has 0 fully saturated rings. The zero-order valence-electron chi connectivity index (χ0n) is 10.8. The highest BCUT2D eigenvalue weighted by molar-refractivity contribution is 9.10. The first-order chi connectivity index (χ1) is 9.88. The van der Waals surface area contributed by atoms with Crippen molar-refractivity contribution in [2.24, 2.45) is 0 Å². The van der Waals surface area contributed by atoms with Gasteiger partial charge in [-0.2, -0.15) is 0 Å². The smallest absolute Gasteiger partial charge is 0.343 e. The summed E-state index contributed by atoms with van der Waals surface area (Å²) in [6.07, 6.45) is 0. The third-order valence-electron chi connectivity index (χ3n) is 2.68. The number of halogens is 2. The summed E-state index contributed by atoms with van der Waals surface area (Å²) in [6.45, 7) is 1.74. The van der Waals surface area contributed by atoms with Crippen LogP contribution in [0.5, 0.6) is 5.75 Å². The van der Waals surface area contributed by atoms with E-state index in [-0.39, 0.29) is 22.0 Å². The zero-order chi connectivity index (χ0) is 15.6. The Labute approximate surface area is 133 Å². The zero-order valence-corrected chi connectivity index (χ0v) is 13.1. The minimum absolute atomic E-state index is 0.0857. The van der Waals surface area contributed by atoms with Crippen molar-refractivity contribution in [3.05, 3.63) is 67.1 Å². The number of non-ortho nitro benzene ring substituents is 1. The number of hydrogen-bond acceptors (Lipinski definition) is 4. The van der Waals surface area contributed by atoms with E-state index in [1.165, 1.54) is 18.2 Å². The fourth-order valence-electron chi connectivity index (χ4n) is 1.72. The first kappa shape index (κ1) is 15.5.